The molecule has 1 aliphatic heterocycles. The molecule has 1 unspecified atom stereocenters. The van der Waals surface area contributed by atoms with E-state index in [1.165, 1.54) is 18.2 Å². The van der Waals surface area contributed by atoms with Crippen LogP contribution >= 0.6 is 11.3 Å². The minimum absolute atomic E-state index is 0.183. The zero-order chi connectivity index (χ0) is 20.3. The van der Waals surface area contributed by atoms with Crippen LogP contribution in [0.5, 0.6) is 0 Å². The Morgan fingerprint density at radius 2 is 1.75 bits per heavy atom. The first-order chi connectivity index (χ1) is 13.3. The minimum Gasteiger partial charge on any atom is -0.368 e. The van der Waals surface area contributed by atoms with Gasteiger partial charge in [0.05, 0.1) is 0 Å². The molecule has 6 nitrogen and oxygen atoms in total. The van der Waals surface area contributed by atoms with Crippen molar-refractivity contribution in [3.8, 4) is 0 Å². The third-order valence-electron chi connectivity index (χ3n) is 4.76. The highest BCUT2D eigenvalue weighted by atomic mass is 32.2. The highest BCUT2D eigenvalue weighted by Crippen LogP contribution is 2.20. The molecule has 9 heteroatoms. The first kappa shape index (κ1) is 20.8. The van der Waals surface area contributed by atoms with E-state index in [1.54, 1.807) is 28.5 Å². The van der Waals surface area contributed by atoms with Crippen molar-refractivity contribution in [3.05, 3.63) is 47.6 Å². The maximum absolute atomic E-state index is 13.1. The number of amides is 1. The maximum Gasteiger partial charge on any atom is 0.250 e. The summed E-state index contributed by atoms with van der Waals surface area (Å²) in [4.78, 5) is 16.8. The van der Waals surface area contributed by atoms with Crippen LogP contribution in [0.1, 0.15) is 13.8 Å². The van der Waals surface area contributed by atoms with E-state index in [9.17, 15) is 17.6 Å². The molecule has 2 heterocycles. The number of hydrogen-bond donors (Lipinski definition) is 1. The standard InChI is InChI=1S/C19H24FN3O3S2/c1-14(2)18(21-28(25,26)17-4-3-13-27-17)19(24)23-11-9-22(10-12-23)16-7-5-15(20)6-8-16/h3-8,13-14,18,21H,9-12H2,1-2H3. The summed E-state index contributed by atoms with van der Waals surface area (Å²) in [5.41, 5.74) is 0.910. The summed E-state index contributed by atoms with van der Waals surface area (Å²) in [6.45, 7) is 5.85. The van der Waals surface area contributed by atoms with E-state index < -0.39 is 16.1 Å². The number of halogens is 1. The molecule has 1 atom stereocenters. The molecular weight excluding hydrogens is 401 g/mol. The van der Waals surface area contributed by atoms with Crippen molar-refractivity contribution in [1.82, 2.24) is 9.62 Å². The fourth-order valence-corrected chi connectivity index (χ4v) is 5.49. The molecule has 1 saturated heterocycles. The molecule has 1 amide bonds. The fraction of sp³-hybridized carbons (Fsp3) is 0.421. The van der Waals surface area contributed by atoms with Gasteiger partial charge in [0, 0.05) is 31.9 Å². The van der Waals surface area contributed by atoms with Crippen molar-refractivity contribution >= 4 is 33.0 Å². The lowest BCUT2D eigenvalue weighted by Crippen LogP contribution is -2.56. The number of carbonyl (C=O) groups excluding carboxylic acids is 1. The van der Waals surface area contributed by atoms with E-state index >= 15 is 0 Å². The summed E-state index contributed by atoms with van der Waals surface area (Å²) in [7, 11) is -3.73. The summed E-state index contributed by atoms with van der Waals surface area (Å²) in [6, 6.07) is 8.65. The Kier molecular flexibility index (Phi) is 6.36. The van der Waals surface area contributed by atoms with Crippen LogP contribution in [-0.4, -0.2) is 51.4 Å². The zero-order valence-electron chi connectivity index (χ0n) is 15.8. The van der Waals surface area contributed by atoms with Gasteiger partial charge in [-0.25, -0.2) is 12.8 Å². The average Bonchev–Trinajstić information content (AvgIpc) is 3.22. The van der Waals surface area contributed by atoms with Crippen molar-refractivity contribution < 1.29 is 17.6 Å². The predicted molar refractivity (Wildman–Crippen MR) is 108 cm³/mol. The van der Waals surface area contributed by atoms with Gasteiger partial charge < -0.3 is 9.80 Å². The largest absolute Gasteiger partial charge is 0.368 e. The number of thiophene rings is 1. The molecule has 0 aliphatic carbocycles. The average molecular weight is 426 g/mol. The quantitative estimate of drug-likeness (QED) is 0.772. The maximum atomic E-state index is 13.1. The number of benzene rings is 1. The lowest BCUT2D eigenvalue weighted by atomic mass is 10.0. The molecule has 28 heavy (non-hydrogen) atoms. The Hall–Kier alpha value is -1.97. The summed E-state index contributed by atoms with van der Waals surface area (Å²) in [5.74, 6) is -0.679. The number of nitrogens with zero attached hydrogens (tertiary/aromatic N) is 2. The SMILES string of the molecule is CC(C)C(NS(=O)(=O)c1cccs1)C(=O)N1CCN(c2ccc(F)cc2)CC1. The first-order valence-corrected chi connectivity index (χ1v) is 11.5. The Bertz CT molecular complexity index is 891. The van der Waals surface area contributed by atoms with Crippen LogP contribution in [0.25, 0.3) is 0 Å². The van der Waals surface area contributed by atoms with E-state index in [4.69, 9.17) is 0 Å². The summed E-state index contributed by atoms with van der Waals surface area (Å²) in [6.07, 6.45) is 0. The molecule has 1 fully saturated rings. The zero-order valence-corrected chi connectivity index (χ0v) is 17.5. The van der Waals surface area contributed by atoms with Crippen molar-refractivity contribution in [2.75, 3.05) is 31.1 Å². The molecule has 1 aromatic carbocycles. The summed E-state index contributed by atoms with van der Waals surface area (Å²) < 4.78 is 41.0. The van der Waals surface area contributed by atoms with Gasteiger partial charge in [0.25, 0.3) is 10.0 Å². The number of anilines is 1. The second-order valence-corrected chi connectivity index (χ2v) is 9.95. The Morgan fingerprint density at radius 3 is 2.29 bits per heavy atom. The first-order valence-electron chi connectivity index (χ1n) is 9.13. The molecule has 2 aromatic rings. The summed E-state index contributed by atoms with van der Waals surface area (Å²) in [5, 5.41) is 1.69. The number of hydrogen-bond acceptors (Lipinski definition) is 5. The number of carbonyl (C=O) groups is 1. The van der Waals surface area contributed by atoms with Gasteiger partial charge in [0.15, 0.2) is 0 Å². The minimum atomic E-state index is -3.73. The fourth-order valence-electron chi connectivity index (χ4n) is 3.15. The Labute approximate surface area is 169 Å². The van der Waals surface area contributed by atoms with Crippen LogP contribution in [0, 0.1) is 11.7 Å². The second-order valence-electron chi connectivity index (χ2n) is 7.06. The molecule has 0 saturated carbocycles. The van der Waals surface area contributed by atoms with E-state index in [0.29, 0.717) is 26.2 Å². The highest BCUT2D eigenvalue weighted by molar-refractivity contribution is 7.91. The van der Waals surface area contributed by atoms with E-state index in [-0.39, 0.29) is 21.9 Å². The van der Waals surface area contributed by atoms with Crippen LogP contribution in [-0.2, 0) is 14.8 Å². The number of sulfonamides is 1. The molecule has 152 valence electrons. The van der Waals surface area contributed by atoms with E-state index in [0.717, 1.165) is 17.0 Å². The number of piperazine rings is 1. The molecule has 1 aliphatic rings. The Balaban J connectivity index is 1.65. The topological polar surface area (TPSA) is 69.7 Å². The van der Waals surface area contributed by atoms with Crippen molar-refractivity contribution in [2.45, 2.75) is 24.1 Å². The van der Waals surface area contributed by atoms with E-state index in [2.05, 4.69) is 9.62 Å². The van der Waals surface area contributed by atoms with Crippen LogP contribution in [0.3, 0.4) is 0 Å². The van der Waals surface area contributed by atoms with E-state index in [1.807, 2.05) is 13.8 Å². The van der Waals surface area contributed by atoms with Crippen LogP contribution in [0.2, 0.25) is 0 Å². The van der Waals surface area contributed by atoms with Gasteiger partial charge in [0.2, 0.25) is 5.91 Å². The second kappa shape index (κ2) is 8.59. The monoisotopic (exact) mass is 425 g/mol. The van der Waals surface area contributed by atoms with Gasteiger partial charge in [0.1, 0.15) is 16.1 Å². The van der Waals surface area contributed by atoms with Crippen LogP contribution in [0.4, 0.5) is 10.1 Å². The number of nitrogens with one attached hydrogen (secondary N) is 1. The lowest BCUT2D eigenvalue weighted by molar-refractivity contribution is -0.134. The van der Waals surface area contributed by atoms with Gasteiger partial charge in [-0.2, -0.15) is 4.72 Å². The van der Waals surface area contributed by atoms with Gasteiger partial charge in [-0.3, -0.25) is 4.79 Å². The lowest BCUT2D eigenvalue weighted by Gasteiger charge is -2.38. The van der Waals surface area contributed by atoms with Gasteiger partial charge in [-0.15, -0.1) is 11.3 Å². The molecular formula is C19H24FN3O3S2. The molecule has 0 radical (unpaired) electrons. The highest BCUT2D eigenvalue weighted by Gasteiger charge is 2.33. The molecule has 0 spiro atoms. The third kappa shape index (κ3) is 4.71. The summed E-state index contributed by atoms with van der Waals surface area (Å²) >= 11 is 1.12. The molecule has 1 N–H and O–H groups in total. The van der Waals surface area contributed by atoms with Crippen molar-refractivity contribution in [2.24, 2.45) is 5.92 Å². The van der Waals surface area contributed by atoms with Crippen LogP contribution in [0.15, 0.2) is 46.0 Å². The van der Waals surface area contributed by atoms with Crippen LogP contribution < -0.4 is 9.62 Å². The van der Waals surface area contributed by atoms with Crippen molar-refractivity contribution in [3.63, 3.8) is 0 Å². The molecule has 1 aromatic heterocycles. The molecule has 0 bridgehead atoms. The third-order valence-corrected chi connectivity index (χ3v) is 7.60. The van der Waals surface area contributed by atoms with Gasteiger partial charge in [-0.1, -0.05) is 19.9 Å². The van der Waals surface area contributed by atoms with Gasteiger partial charge >= 0.3 is 0 Å². The smallest absolute Gasteiger partial charge is 0.250 e. The normalized spacial score (nSPS) is 16.4. The Morgan fingerprint density at radius 1 is 1.11 bits per heavy atom. The number of rotatable bonds is 6. The van der Waals surface area contributed by atoms with Gasteiger partial charge in [-0.05, 0) is 41.6 Å². The predicted octanol–water partition coefficient (Wildman–Crippen LogP) is 2.54. The van der Waals surface area contributed by atoms with Crippen molar-refractivity contribution in [1.29, 1.82) is 0 Å². The molecule has 3 rings (SSSR count).